The molecule has 24 heavy (non-hydrogen) atoms. The Kier molecular flexibility index (Phi) is 6.21. The Morgan fingerprint density at radius 2 is 2.25 bits per heavy atom. The summed E-state index contributed by atoms with van der Waals surface area (Å²) in [6.45, 7) is 5.83. The van der Waals surface area contributed by atoms with Crippen LogP contribution in [0.3, 0.4) is 0 Å². The number of anilines is 2. The van der Waals surface area contributed by atoms with Gasteiger partial charge in [-0.05, 0) is 25.1 Å². The third-order valence-electron chi connectivity index (χ3n) is 2.92. The van der Waals surface area contributed by atoms with Gasteiger partial charge in [0.1, 0.15) is 5.82 Å². The molecule has 0 aliphatic rings. The summed E-state index contributed by atoms with van der Waals surface area (Å²) in [7, 11) is 0. The van der Waals surface area contributed by atoms with Gasteiger partial charge in [-0.15, -0.1) is 0 Å². The maximum atomic E-state index is 10.7. The summed E-state index contributed by atoms with van der Waals surface area (Å²) in [5.41, 5.74) is 0.764. The minimum Gasteiger partial charge on any atom is -0.384 e. The second-order valence-corrected chi connectivity index (χ2v) is 5.84. The molecular weight excluding hydrogens is 326 g/mol. The molecule has 2 heterocycles. The molecule has 2 rings (SSSR count). The fourth-order valence-corrected chi connectivity index (χ4v) is 2.45. The van der Waals surface area contributed by atoms with Crippen LogP contribution in [-0.2, 0) is 6.54 Å². The highest BCUT2D eigenvalue weighted by Crippen LogP contribution is 2.21. The maximum absolute atomic E-state index is 10.7. The van der Waals surface area contributed by atoms with Crippen LogP contribution in [0, 0.1) is 10.1 Å². The van der Waals surface area contributed by atoms with Crippen molar-refractivity contribution in [3.63, 3.8) is 0 Å². The number of nitrogens with zero attached hydrogens (tertiary/aromatic N) is 3. The molecule has 0 radical (unpaired) electrons. The second-order valence-electron chi connectivity index (χ2n) is 4.73. The van der Waals surface area contributed by atoms with Crippen molar-refractivity contribution in [2.45, 2.75) is 13.5 Å². The van der Waals surface area contributed by atoms with Crippen molar-refractivity contribution >= 4 is 22.3 Å². The van der Waals surface area contributed by atoms with E-state index in [4.69, 9.17) is 0 Å². The highest BCUT2D eigenvalue weighted by atomic mass is 32.1. The minimum atomic E-state index is -0.477. The summed E-state index contributed by atoms with van der Waals surface area (Å²) >= 11 is 1.51. The summed E-state index contributed by atoms with van der Waals surface area (Å²) in [6, 6.07) is 5.61. The van der Waals surface area contributed by atoms with Crippen LogP contribution < -0.4 is 10.6 Å². The van der Waals surface area contributed by atoms with Gasteiger partial charge in [0.15, 0.2) is 5.13 Å². The lowest BCUT2D eigenvalue weighted by atomic mass is 10.3. The van der Waals surface area contributed by atoms with Crippen LogP contribution in [0.25, 0.3) is 0 Å². The Balaban J connectivity index is 1.91. The summed E-state index contributed by atoms with van der Waals surface area (Å²) in [4.78, 5) is 19.7. The predicted octanol–water partition coefficient (Wildman–Crippen LogP) is 3.62. The third-order valence-corrected chi connectivity index (χ3v) is 3.83. The van der Waals surface area contributed by atoms with E-state index in [0.717, 1.165) is 21.5 Å². The lowest BCUT2D eigenvalue weighted by molar-refractivity contribution is -0.418. The van der Waals surface area contributed by atoms with E-state index < -0.39 is 4.92 Å². The number of hydrogen-bond acceptors (Lipinski definition) is 7. The van der Waals surface area contributed by atoms with Gasteiger partial charge in [-0.2, -0.15) is 0 Å². The van der Waals surface area contributed by atoms with Crippen molar-refractivity contribution in [2.24, 2.45) is 0 Å². The summed E-state index contributed by atoms with van der Waals surface area (Å²) in [6.07, 6.45) is 7.76. The number of thiazole rings is 1. The van der Waals surface area contributed by atoms with E-state index >= 15 is 0 Å². The molecule has 0 aliphatic carbocycles. The van der Waals surface area contributed by atoms with Crippen LogP contribution in [0.1, 0.15) is 11.8 Å². The van der Waals surface area contributed by atoms with Gasteiger partial charge in [0.2, 0.25) is 0 Å². The Labute approximate surface area is 143 Å². The van der Waals surface area contributed by atoms with E-state index in [1.807, 2.05) is 25.1 Å². The Morgan fingerprint density at radius 3 is 2.92 bits per heavy atom. The van der Waals surface area contributed by atoms with Crippen molar-refractivity contribution in [1.29, 1.82) is 0 Å². The molecule has 0 aliphatic heterocycles. The molecule has 0 unspecified atom stereocenters. The zero-order valence-electron chi connectivity index (χ0n) is 13.1. The highest BCUT2D eigenvalue weighted by Gasteiger charge is 2.04. The minimum absolute atomic E-state index is 0.0456. The SMILES string of the molecule is C=C/C(=C\C=C(/C)NCc1cnc(Nc2ccccn2)s1)[N+](=O)[O-]. The number of nitro groups is 1. The number of allylic oxidation sites excluding steroid dienone is 4. The lowest BCUT2D eigenvalue weighted by Gasteiger charge is -2.03. The van der Waals surface area contributed by atoms with Crippen LogP contribution in [0.2, 0.25) is 0 Å². The molecule has 2 aromatic heterocycles. The maximum Gasteiger partial charge on any atom is 0.268 e. The van der Waals surface area contributed by atoms with E-state index in [1.165, 1.54) is 23.5 Å². The van der Waals surface area contributed by atoms with Crippen LogP contribution in [0.4, 0.5) is 10.9 Å². The number of hydrogen-bond donors (Lipinski definition) is 2. The quantitative estimate of drug-likeness (QED) is 0.432. The van der Waals surface area contributed by atoms with Crippen molar-refractivity contribution in [3.05, 3.63) is 81.8 Å². The molecule has 0 spiro atoms. The van der Waals surface area contributed by atoms with Gasteiger partial charge in [0, 0.05) is 35.1 Å². The van der Waals surface area contributed by atoms with Gasteiger partial charge in [0.25, 0.3) is 5.70 Å². The molecule has 2 aromatic rings. The van der Waals surface area contributed by atoms with E-state index in [-0.39, 0.29) is 5.70 Å². The zero-order valence-corrected chi connectivity index (χ0v) is 13.9. The Hall–Kier alpha value is -3.00. The Morgan fingerprint density at radius 1 is 1.42 bits per heavy atom. The van der Waals surface area contributed by atoms with E-state index in [1.54, 1.807) is 18.5 Å². The molecule has 0 saturated heterocycles. The third kappa shape index (κ3) is 5.33. The molecular formula is C16H17N5O2S. The van der Waals surface area contributed by atoms with Crippen LogP contribution >= 0.6 is 11.3 Å². The van der Waals surface area contributed by atoms with Gasteiger partial charge >= 0.3 is 0 Å². The fraction of sp³-hybridized carbons (Fsp3) is 0.125. The van der Waals surface area contributed by atoms with Crippen molar-refractivity contribution in [2.75, 3.05) is 5.32 Å². The highest BCUT2D eigenvalue weighted by molar-refractivity contribution is 7.15. The monoisotopic (exact) mass is 343 g/mol. The van der Waals surface area contributed by atoms with Crippen LogP contribution in [-0.4, -0.2) is 14.9 Å². The van der Waals surface area contributed by atoms with Crippen molar-refractivity contribution < 1.29 is 4.92 Å². The number of aromatic nitrogens is 2. The molecule has 8 heteroatoms. The first kappa shape index (κ1) is 17.4. The van der Waals surface area contributed by atoms with Crippen molar-refractivity contribution in [1.82, 2.24) is 15.3 Å². The molecule has 0 bridgehead atoms. The van der Waals surface area contributed by atoms with Crippen molar-refractivity contribution in [3.8, 4) is 0 Å². The largest absolute Gasteiger partial charge is 0.384 e. The Bertz CT molecular complexity index is 768. The second kappa shape index (κ2) is 8.59. The van der Waals surface area contributed by atoms with E-state index in [0.29, 0.717) is 6.54 Å². The first-order valence-corrected chi connectivity index (χ1v) is 7.92. The number of rotatable bonds is 8. The standard InChI is InChI=1S/C16H17N5O2S/c1-3-13(21(22)23)8-7-12(2)18-10-14-11-19-16(24-14)20-15-6-4-5-9-17-15/h3-9,11,18H,1,10H2,2H3,(H,17,19,20)/b12-7+,13-8+. The molecule has 124 valence electrons. The molecule has 0 atom stereocenters. The molecule has 0 fully saturated rings. The molecule has 0 aromatic carbocycles. The van der Waals surface area contributed by atoms with Gasteiger partial charge in [-0.1, -0.05) is 24.0 Å². The van der Waals surface area contributed by atoms with E-state index in [2.05, 4.69) is 27.2 Å². The lowest BCUT2D eigenvalue weighted by Crippen LogP contribution is -2.09. The summed E-state index contributed by atoms with van der Waals surface area (Å²) < 4.78 is 0. The topological polar surface area (TPSA) is 93.0 Å². The first-order valence-electron chi connectivity index (χ1n) is 7.10. The summed E-state index contributed by atoms with van der Waals surface area (Å²) in [5, 5.41) is 17.7. The molecule has 2 N–H and O–H groups in total. The van der Waals surface area contributed by atoms with Gasteiger partial charge in [-0.3, -0.25) is 10.1 Å². The zero-order chi connectivity index (χ0) is 17.4. The number of pyridine rings is 1. The molecule has 0 amide bonds. The fourth-order valence-electron chi connectivity index (χ4n) is 1.69. The predicted molar refractivity (Wildman–Crippen MR) is 95.5 cm³/mol. The van der Waals surface area contributed by atoms with Crippen LogP contribution in [0.5, 0.6) is 0 Å². The van der Waals surface area contributed by atoms with Gasteiger partial charge in [-0.25, -0.2) is 9.97 Å². The van der Waals surface area contributed by atoms with E-state index in [9.17, 15) is 10.1 Å². The molecule has 7 nitrogen and oxygen atoms in total. The average Bonchev–Trinajstić information content (AvgIpc) is 3.01. The summed E-state index contributed by atoms with van der Waals surface area (Å²) in [5.74, 6) is 0.740. The first-order chi connectivity index (χ1) is 11.6. The smallest absolute Gasteiger partial charge is 0.268 e. The van der Waals surface area contributed by atoms with Gasteiger partial charge < -0.3 is 10.6 Å². The normalized spacial score (nSPS) is 11.9. The molecule has 0 saturated carbocycles. The van der Waals surface area contributed by atoms with Gasteiger partial charge in [0.05, 0.1) is 11.5 Å². The average molecular weight is 343 g/mol. The number of nitrogens with one attached hydrogen (secondary N) is 2. The van der Waals surface area contributed by atoms with Crippen LogP contribution in [0.15, 0.2) is 66.8 Å².